The Labute approximate surface area is 89.9 Å². The first-order valence-electron chi connectivity index (χ1n) is 5.27. The molecule has 0 aliphatic heterocycles. The lowest BCUT2D eigenvalue weighted by Crippen LogP contribution is -2.66. The van der Waals surface area contributed by atoms with Crippen molar-refractivity contribution in [1.29, 1.82) is 0 Å². The van der Waals surface area contributed by atoms with E-state index in [1.54, 1.807) is 21.3 Å². The fourth-order valence-corrected chi connectivity index (χ4v) is 14.7. The molecule has 0 rings (SSSR count). The van der Waals surface area contributed by atoms with Crippen LogP contribution in [0.4, 0.5) is 0 Å². The molecule has 0 saturated heterocycles. The van der Waals surface area contributed by atoms with E-state index in [1.165, 1.54) is 18.1 Å². The van der Waals surface area contributed by atoms with Gasteiger partial charge >= 0.3 is 8.32 Å². The Kier molecular flexibility index (Phi) is 6.15. The summed E-state index contributed by atoms with van der Waals surface area (Å²) < 4.78 is 16.9. The van der Waals surface area contributed by atoms with Crippen LogP contribution in [0.1, 0.15) is 20.8 Å². The zero-order valence-electron chi connectivity index (χ0n) is 10.3. The molecule has 0 heterocycles. The van der Waals surface area contributed by atoms with Gasteiger partial charge < -0.3 is 13.3 Å². The van der Waals surface area contributed by atoms with Gasteiger partial charge in [0.1, 0.15) is 7.59 Å². The summed E-state index contributed by atoms with van der Waals surface area (Å²) in [4.78, 5) is 0. The molecule has 86 valence electrons. The Morgan fingerprint density at radius 3 is 1.07 bits per heavy atom. The Bertz CT molecular complexity index is 122. The van der Waals surface area contributed by atoms with E-state index in [4.69, 9.17) is 13.3 Å². The zero-order chi connectivity index (χ0) is 11.2. The average Bonchev–Trinajstić information content (AvgIpc) is 2.27. The highest BCUT2D eigenvalue weighted by Gasteiger charge is 2.57. The van der Waals surface area contributed by atoms with Crippen LogP contribution in [0.2, 0.25) is 18.1 Å². The van der Waals surface area contributed by atoms with Gasteiger partial charge in [-0.2, -0.15) is 0 Å². The van der Waals surface area contributed by atoms with Gasteiger partial charge in [-0.05, 0) is 0 Å². The summed E-state index contributed by atoms with van der Waals surface area (Å²) >= 11 is 0. The second-order valence-corrected chi connectivity index (χ2v) is 15.5. The van der Waals surface area contributed by atoms with Gasteiger partial charge in [0.25, 0.3) is 0 Å². The number of hydrogen-bond donors (Lipinski definition) is 0. The van der Waals surface area contributed by atoms with E-state index in [0.717, 1.165) is 0 Å². The van der Waals surface area contributed by atoms with Gasteiger partial charge in [-0.1, -0.05) is 38.9 Å². The highest BCUT2D eigenvalue weighted by Crippen LogP contribution is 2.32. The normalized spacial score (nSPS) is 13.3. The molecule has 0 radical (unpaired) electrons. The SMILES string of the molecule is CC[Si](CC)(CC)[Si](OC)(OC)OC. The van der Waals surface area contributed by atoms with E-state index in [-0.39, 0.29) is 0 Å². The monoisotopic (exact) mass is 236 g/mol. The van der Waals surface area contributed by atoms with Gasteiger partial charge in [0, 0.05) is 21.3 Å². The van der Waals surface area contributed by atoms with Gasteiger partial charge in [-0.25, -0.2) is 0 Å². The minimum atomic E-state index is -2.36. The molecule has 0 aromatic rings. The molecule has 0 spiro atoms. The largest absolute Gasteiger partial charge is 0.469 e. The van der Waals surface area contributed by atoms with Crippen molar-refractivity contribution in [3.05, 3.63) is 0 Å². The van der Waals surface area contributed by atoms with Gasteiger partial charge in [0.2, 0.25) is 0 Å². The van der Waals surface area contributed by atoms with Crippen LogP contribution in [0, 0.1) is 0 Å². The molecule has 5 heteroatoms. The van der Waals surface area contributed by atoms with Crippen molar-refractivity contribution in [2.75, 3.05) is 21.3 Å². The van der Waals surface area contributed by atoms with Crippen molar-refractivity contribution in [3.8, 4) is 0 Å². The van der Waals surface area contributed by atoms with Gasteiger partial charge in [-0.15, -0.1) is 0 Å². The summed E-state index contributed by atoms with van der Waals surface area (Å²) in [6, 6.07) is 3.51. The predicted molar refractivity (Wildman–Crippen MR) is 64.0 cm³/mol. The Morgan fingerprint density at radius 2 is 1.00 bits per heavy atom. The maximum Gasteiger partial charge on any atom is 0.469 e. The van der Waals surface area contributed by atoms with E-state index < -0.39 is 15.9 Å². The third-order valence-electron chi connectivity index (χ3n) is 3.49. The highest BCUT2D eigenvalue weighted by molar-refractivity contribution is 7.35. The van der Waals surface area contributed by atoms with E-state index >= 15 is 0 Å². The summed E-state index contributed by atoms with van der Waals surface area (Å²) in [6.07, 6.45) is 0. The molecule has 0 saturated carbocycles. The first-order chi connectivity index (χ1) is 6.61. The summed E-state index contributed by atoms with van der Waals surface area (Å²) in [5.41, 5.74) is 0. The van der Waals surface area contributed by atoms with Crippen molar-refractivity contribution < 1.29 is 13.3 Å². The number of rotatable bonds is 7. The third kappa shape index (κ3) is 2.11. The summed E-state index contributed by atoms with van der Waals surface area (Å²) in [5.74, 6) is 0. The zero-order valence-corrected chi connectivity index (χ0v) is 12.3. The lowest BCUT2D eigenvalue weighted by atomic mass is 10.9. The third-order valence-corrected chi connectivity index (χ3v) is 19.4. The molecule has 0 aromatic carbocycles. The van der Waals surface area contributed by atoms with Crippen LogP contribution in [-0.2, 0) is 13.3 Å². The molecule has 0 fully saturated rings. The summed E-state index contributed by atoms with van der Waals surface area (Å²) in [6.45, 7) is 6.70. The maximum atomic E-state index is 5.63. The predicted octanol–water partition coefficient (Wildman–Crippen LogP) is 2.45. The summed E-state index contributed by atoms with van der Waals surface area (Å²) in [7, 11) is 1.29. The molecule has 0 N–H and O–H groups in total. The molecule has 0 aliphatic carbocycles. The minimum Gasteiger partial charge on any atom is -0.380 e. The highest BCUT2D eigenvalue weighted by atomic mass is 29.3. The molecule has 0 unspecified atom stereocenters. The van der Waals surface area contributed by atoms with Crippen molar-refractivity contribution in [3.63, 3.8) is 0 Å². The molecule has 0 atom stereocenters. The fourth-order valence-electron chi connectivity index (χ4n) is 2.30. The first kappa shape index (κ1) is 14.3. The molecule has 3 nitrogen and oxygen atoms in total. The first-order valence-corrected chi connectivity index (χ1v) is 10.6. The smallest absolute Gasteiger partial charge is 0.380 e. The van der Waals surface area contributed by atoms with Crippen molar-refractivity contribution in [1.82, 2.24) is 0 Å². The minimum absolute atomic E-state index is 1.17. The van der Waals surface area contributed by atoms with Crippen molar-refractivity contribution in [2.45, 2.75) is 38.9 Å². The second-order valence-electron chi connectivity index (χ2n) is 3.51. The van der Waals surface area contributed by atoms with Crippen LogP contribution in [0.3, 0.4) is 0 Å². The summed E-state index contributed by atoms with van der Waals surface area (Å²) in [5, 5.41) is 0. The van der Waals surface area contributed by atoms with Crippen LogP contribution in [0.5, 0.6) is 0 Å². The maximum absolute atomic E-state index is 5.63. The molecule has 0 aliphatic rings. The molecular formula is C9H24O3Si2. The van der Waals surface area contributed by atoms with Gasteiger partial charge in [0.05, 0.1) is 0 Å². The van der Waals surface area contributed by atoms with Crippen molar-refractivity contribution >= 4 is 15.9 Å². The van der Waals surface area contributed by atoms with E-state index in [2.05, 4.69) is 20.8 Å². The molecule has 0 aromatic heterocycles. The standard InChI is InChI=1S/C9H24O3Si2/c1-7-13(8-2,9-3)14(10-4,11-5)12-6/h7-9H2,1-6H3. The van der Waals surface area contributed by atoms with Crippen LogP contribution < -0.4 is 0 Å². The molecule has 0 amide bonds. The van der Waals surface area contributed by atoms with Gasteiger partial charge in [-0.3, -0.25) is 0 Å². The quantitative estimate of drug-likeness (QED) is 0.636. The lowest BCUT2D eigenvalue weighted by Gasteiger charge is -2.40. The van der Waals surface area contributed by atoms with Crippen LogP contribution >= 0.6 is 0 Å². The van der Waals surface area contributed by atoms with Crippen molar-refractivity contribution in [2.24, 2.45) is 0 Å². The van der Waals surface area contributed by atoms with E-state index in [1.807, 2.05) is 0 Å². The van der Waals surface area contributed by atoms with Crippen LogP contribution in [0.25, 0.3) is 0 Å². The van der Waals surface area contributed by atoms with E-state index in [9.17, 15) is 0 Å². The van der Waals surface area contributed by atoms with Gasteiger partial charge in [0.15, 0.2) is 0 Å². The fraction of sp³-hybridized carbons (Fsp3) is 1.00. The Hall–Kier alpha value is 0.314. The Morgan fingerprint density at radius 1 is 0.714 bits per heavy atom. The van der Waals surface area contributed by atoms with E-state index in [0.29, 0.717) is 0 Å². The number of hydrogen-bond acceptors (Lipinski definition) is 3. The Balaban J connectivity index is 5.08. The molecular weight excluding hydrogens is 212 g/mol. The molecule has 0 bridgehead atoms. The molecule has 14 heavy (non-hydrogen) atoms. The van der Waals surface area contributed by atoms with Crippen LogP contribution in [0.15, 0.2) is 0 Å². The average molecular weight is 236 g/mol. The topological polar surface area (TPSA) is 27.7 Å². The van der Waals surface area contributed by atoms with Crippen LogP contribution in [-0.4, -0.2) is 37.2 Å². The lowest BCUT2D eigenvalue weighted by molar-refractivity contribution is 0.144. The second kappa shape index (κ2) is 6.02.